The second-order valence-electron chi connectivity index (χ2n) is 5.80. The van der Waals surface area contributed by atoms with Crippen molar-refractivity contribution in [2.24, 2.45) is 0 Å². The standard InChI is InChI=1S/C16H22N2O3S/c1-13-10-14(2)16(15(3)11-13)18-8-7-17(12-18)6-4-5-9-22(19,20)21/h7-8,10-12H,4-6,9H2,1-3H3/p+1. The molecule has 6 heteroatoms. The number of aryl methyl sites for hydroxylation is 4. The van der Waals surface area contributed by atoms with Gasteiger partial charge < -0.3 is 0 Å². The maximum absolute atomic E-state index is 10.7. The first-order chi connectivity index (χ1) is 10.3. The van der Waals surface area contributed by atoms with Crippen molar-refractivity contribution in [2.45, 2.75) is 40.2 Å². The lowest BCUT2D eigenvalue weighted by atomic mass is 10.1. The first-order valence-corrected chi connectivity index (χ1v) is 8.97. The Labute approximate surface area is 132 Å². The summed E-state index contributed by atoms with van der Waals surface area (Å²) in [5, 5.41) is 0. The number of unbranched alkanes of at least 4 members (excludes halogenated alkanes) is 1. The molecule has 22 heavy (non-hydrogen) atoms. The average molecular weight is 323 g/mol. The minimum absolute atomic E-state index is 0.176. The Morgan fingerprint density at radius 2 is 1.77 bits per heavy atom. The van der Waals surface area contributed by atoms with Crippen LogP contribution in [0.25, 0.3) is 5.69 Å². The Kier molecular flexibility index (Phi) is 5.03. The molecule has 0 aliphatic heterocycles. The van der Waals surface area contributed by atoms with Gasteiger partial charge in [0.25, 0.3) is 10.1 Å². The number of hydrogen-bond donors (Lipinski definition) is 1. The van der Waals surface area contributed by atoms with Crippen molar-refractivity contribution >= 4 is 10.1 Å². The maximum atomic E-state index is 10.7. The first-order valence-electron chi connectivity index (χ1n) is 7.37. The van der Waals surface area contributed by atoms with Gasteiger partial charge in [-0.05, 0) is 44.7 Å². The van der Waals surface area contributed by atoms with Crippen LogP contribution in [-0.4, -0.2) is 23.3 Å². The van der Waals surface area contributed by atoms with Gasteiger partial charge in [-0.3, -0.25) is 4.55 Å². The predicted octanol–water partition coefficient (Wildman–Crippen LogP) is 2.36. The Bertz CT molecular complexity index is 740. The van der Waals surface area contributed by atoms with E-state index in [1.807, 2.05) is 23.3 Å². The summed E-state index contributed by atoms with van der Waals surface area (Å²) in [6.45, 7) is 7.03. The number of rotatable bonds is 6. The molecule has 2 aromatic rings. The molecule has 1 N–H and O–H groups in total. The highest BCUT2D eigenvalue weighted by Gasteiger charge is 2.13. The summed E-state index contributed by atoms with van der Waals surface area (Å²) < 4.78 is 34.2. The SMILES string of the molecule is Cc1cc(C)c(-n2cc[n+](CCCCS(=O)(=O)O)c2)c(C)c1. The molecule has 0 saturated carbocycles. The molecule has 0 fully saturated rings. The van der Waals surface area contributed by atoms with Gasteiger partial charge in [0, 0.05) is 0 Å². The van der Waals surface area contributed by atoms with Crippen molar-refractivity contribution in [1.82, 2.24) is 4.57 Å². The topological polar surface area (TPSA) is 63.2 Å². The van der Waals surface area contributed by atoms with Gasteiger partial charge in [0.05, 0.1) is 12.3 Å². The zero-order valence-corrected chi connectivity index (χ0v) is 14.1. The predicted molar refractivity (Wildman–Crippen MR) is 85.8 cm³/mol. The fraction of sp³-hybridized carbons (Fsp3) is 0.438. The van der Waals surface area contributed by atoms with E-state index in [1.54, 1.807) is 0 Å². The highest BCUT2D eigenvalue weighted by atomic mass is 32.2. The number of hydrogen-bond acceptors (Lipinski definition) is 2. The highest BCUT2D eigenvalue weighted by molar-refractivity contribution is 7.85. The van der Waals surface area contributed by atoms with Crippen LogP contribution in [0.4, 0.5) is 0 Å². The molecule has 0 atom stereocenters. The number of nitrogens with zero attached hydrogens (tertiary/aromatic N) is 2. The summed E-state index contributed by atoms with van der Waals surface area (Å²) in [4.78, 5) is 0. The maximum Gasteiger partial charge on any atom is 0.264 e. The molecule has 0 unspecified atom stereocenters. The summed E-state index contributed by atoms with van der Waals surface area (Å²) in [6, 6.07) is 4.33. The van der Waals surface area contributed by atoms with Crippen molar-refractivity contribution < 1.29 is 17.5 Å². The largest absolute Gasteiger partial charge is 0.286 e. The third-order valence-electron chi connectivity index (χ3n) is 3.65. The van der Waals surface area contributed by atoms with Gasteiger partial charge >= 0.3 is 0 Å². The molecule has 0 aliphatic carbocycles. The van der Waals surface area contributed by atoms with Crippen molar-refractivity contribution in [2.75, 3.05) is 5.75 Å². The van der Waals surface area contributed by atoms with Crippen LogP contribution in [0.15, 0.2) is 30.9 Å². The Morgan fingerprint density at radius 1 is 1.14 bits per heavy atom. The molecular weight excluding hydrogens is 300 g/mol. The van der Waals surface area contributed by atoms with Crippen molar-refractivity contribution in [3.63, 3.8) is 0 Å². The smallest absolute Gasteiger partial charge is 0.264 e. The molecule has 1 aromatic heterocycles. The normalized spacial score (nSPS) is 11.8. The van der Waals surface area contributed by atoms with Crippen LogP contribution in [-0.2, 0) is 16.7 Å². The first kappa shape index (κ1) is 16.7. The van der Waals surface area contributed by atoms with E-state index in [0.717, 1.165) is 6.54 Å². The molecule has 2 rings (SSSR count). The average Bonchev–Trinajstić information content (AvgIpc) is 2.81. The van der Waals surface area contributed by atoms with E-state index in [2.05, 4.69) is 37.5 Å². The second-order valence-corrected chi connectivity index (χ2v) is 7.37. The molecule has 1 heterocycles. The Morgan fingerprint density at radius 3 is 2.36 bits per heavy atom. The Balaban J connectivity index is 2.06. The van der Waals surface area contributed by atoms with Gasteiger partial charge in [-0.25, -0.2) is 9.13 Å². The molecule has 120 valence electrons. The van der Waals surface area contributed by atoms with E-state index in [0.29, 0.717) is 12.8 Å². The minimum atomic E-state index is -3.85. The van der Waals surface area contributed by atoms with Crippen LogP contribution in [0.2, 0.25) is 0 Å². The lowest BCUT2D eigenvalue weighted by Crippen LogP contribution is -2.31. The third-order valence-corrected chi connectivity index (χ3v) is 4.46. The summed E-state index contributed by atoms with van der Waals surface area (Å²) in [7, 11) is -3.85. The fourth-order valence-electron chi connectivity index (χ4n) is 2.82. The summed E-state index contributed by atoms with van der Waals surface area (Å²) >= 11 is 0. The van der Waals surface area contributed by atoms with Crippen LogP contribution < -0.4 is 4.57 Å². The summed E-state index contributed by atoms with van der Waals surface area (Å²) in [5.74, 6) is -0.176. The van der Waals surface area contributed by atoms with Gasteiger partial charge in [-0.15, -0.1) is 0 Å². The van der Waals surface area contributed by atoms with Crippen molar-refractivity contribution in [1.29, 1.82) is 0 Å². The van der Waals surface area contributed by atoms with Crippen LogP contribution in [0.3, 0.4) is 0 Å². The number of imidazole rings is 1. The Hall–Kier alpha value is -1.66. The van der Waals surface area contributed by atoms with E-state index in [-0.39, 0.29) is 5.75 Å². The quantitative estimate of drug-likeness (QED) is 0.504. The molecular formula is C16H23N2O3S+. The van der Waals surface area contributed by atoms with Crippen LogP contribution in [0.1, 0.15) is 29.5 Å². The lowest BCUT2D eigenvalue weighted by molar-refractivity contribution is -0.696. The lowest BCUT2D eigenvalue weighted by Gasteiger charge is -2.07. The van der Waals surface area contributed by atoms with Crippen molar-refractivity contribution in [3.05, 3.63) is 47.5 Å². The zero-order chi connectivity index (χ0) is 16.3. The van der Waals surface area contributed by atoms with Gasteiger partial charge in [0.2, 0.25) is 6.33 Å². The van der Waals surface area contributed by atoms with Crippen molar-refractivity contribution in [3.8, 4) is 5.69 Å². The van der Waals surface area contributed by atoms with E-state index in [9.17, 15) is 8.42 Å². The monoisotopic (exact) mass is 323 g/mol. The van der Waals surface area contributed by atoms with E-state index in [1.165, 1.54) is 22.4 Å². The van der Waals surface area contributed by atoms with Gasteiger partial charge in [0.1, 0.15) is 18.1 Å². The third kappa shape index (κ3) is 4.42. The molecule has 0 bridgehead atoms. The summed E-state index contributed by atoms with van der Waals surface area (Å²) in [5.41, 5.74) is 4.89. The molecule has 0 radical (unpaired) electrons. The zero-order valence-electron chi connectivity index (χ0n) is 13.3. The molecule has 1 aromatic carbocycles. The highest BCUT2D eigenvalue weighted by Crippen LogP contribution is 2.20. The van der Waals surface area contributed by atoms with Crippen LogP contribution in [0.5, 0.6) is 0 Å². The molecule has 0 aliphatic rings. The van der Waals surface area contributed by atoms with Crippen LogP contribution in [0, 0.1) is 20.8 Å². The summed E-state index contributed by atoms with van der Waals surface area (Å²) in [6.07, 6.45) is 7.16. The number of benzene rings is 1. The number of aromatic nitrogens is 2. The van der Waals surface area contributed by atoms with Gasteiger partial charge in [-0.2, -0.15) is 8.42 Å². The molecule has 5 nitrogen and oxygen atoms in total. The van der Waals surface area contributed by atoms with Gasteiger partial charge in [0.15, 0.2) is 0 Å². The van der Waals surface area contributed by atoms with Crippen LogP contribution >= 0.6 is 0 Å². The van der Waals surface area contributed by atoms with E-state index >= 15 is 0 Å². The molecule has 0 saturated heterocycles. The second kappa shape index (κ2) is 6.62. The van der Waals surface area contributed by atoms with E-state index in [4.69, 9.17) is 4.55 Å². The molecule has 0 spiro atoms. The van der Waals surface area contributed by atoms with Gasteiger partial charge in [-0.1, -0.05) is 17.7 Å². The molecule has 0 amide bonds. The fourth-order valence-corrected chi connectivity index (χ4v) is 3.39. The van der Waals surface area contributed by atoms with E-state index < -0.39 is 10.1 Å². The minimum Gasteiger partial charge on any atom is -0.286 e.